The molecule has 0 aromatic heterocycles. The number of carbonyl (C=O) groups is 1. The lowest BCUT2D eigenvalue weighted by Crippen LogP contribution is -2.30. The fourth-order valence-electron chi connectivity index (χ4n) is 1.37. The van der Waals surface area contributed by atoms with Crippen LogP contribution in [0.4, 0.5) is 0 Å². The van der Waals surface area contributed by atoms with Gasteiger partial charge in [0.05, 0.1) is 0 Å². The molecule has 1 saturated carbocycles. The molecule has 1 aliphatic rings. The molecule has 0 aliphatic heterocycles. The van der Waals surface area contributed by atoms with Crippen molar-refractivity contribution >= 4 is 11.7 Å². The first kappa shape index (κ1) is 9.17. The van der Waals surface area contributed by atoms with Crippen molar-refractivity contribution < 1.29 is 14.3 Å². The summed E-state index contributed by atoms with van der Waals surface area (Å²) >= 11 is 0. The van der Waals surface area contributed by atoms with Gasteiger partial charge in [-0.3, -0.25) is 4.79 Å². The number of hydrogen-bond donors (Lipinski definition) is 0. The highest BCUT2D eigenvalue weighted by Crippen LogP contribution is 2.21. The molecule has 66 valence electrons. The second kappa shape index (κ2) is 4.19. The molecule has 1 unspecified atom stereocenters. The third-order valence-electron chi connectivity index (χ3n) is 1.94. The number of rotatable bonds is 2. The number of hydrogen-bond acceptors (Lipinski definition) is 3. The molecule has 0 bridgehead atoms. The van der Waals surface area contributed by atoms with Gasteiger partial charge in [-0.15, -0.1) is 0 Å². The van der Waals surface area contributed by atoms with E-state index in [0.717, 1.165) is 6.42 Å². The first-order valence-electron chi connectivity index (χ1n) is 4.17. The standard InChI is InChI=1S/C9H12O3/c1-2-12-9-7(6-10)4-3-5-8(9)11/h9H,2-5H2,1H3. The van der Waals surface area contributed by atoms with Gasteiger partial charge in [0.1, 0.15) is 12.0 Å². The molecule has 12 heavy (non-hydrogen) atoms. The average molecular weight is 168 g/mol. The van der Waals surface area contributed by atoms with Gasteiger partial charge in [-0.1, -0.05) is 0 Å². The summed E-state index contributed by atoms with van der Waals surface area (Å²) in [5.41, 5.74) is 0.480. The Morgan fingerprint density at radius 1 is 1.58 bits per heavy atom. The highest BCUT2D eigenvalue weighted by atomic mass is 16.5. The predicted molar refractivity (Wildman–Crippen MR) is 43.5 cm³/mol. The number of carbonyl (C=O) groups excluding carboxylic acids is 2. The zero-order valence-electron chi connectivity index (χ0n) is 7.13. The molecule has 3 heteroatoms. The van der Waals surface area contributed by atoms with Gasteiger partial charge in [0.15, 0.2) is 5.78 Å². The second-order valence-corrected chi connectivity index (χ2v) is 2.78. The molecule has 0 radical (unpaired) electrons. The van der Waals surface area contributed by atoms with Crippen molar-refractivity contribution in [3.8, 4) is 0 Å². The molecular formula is C9H12O3. The maximum absolute atomic E-state index is 11.2. The minimum absolute atomic E-state index is 0.0152. The van der Waals surface area contributed by atoms with E-state index in [1.54, 1.807) is 5.94 Å². The maximum Gasteiger partial charge on any atom is 0.166 e. The Hall–Kier alpha value is -0.920. The van der Waals surface area contributed by atoms with Gasteiger partial charge in [-0.05, 0) is 19.8 Å². The molecule has 1 fully saturated rings. The summed E-state index contributed by atoms with van der Waals surface area (Å²) in [6, 6.07) is 0. The van der Waals surface area contributed by atoms with Crippen LogP contribution in [0.3, 0.4) is 0 Å². The summed E-state index contributed by atoms with van der Waals surface area (Å²) < 4.78 is 5.15. The molecule has 1 rings (SSSR count). The quantitative estimate of drug-likeness (QED) is 0.575. The number of ketones is 1. The molecule has 0 spiro atoms. The van der Waals surface area contributed by atoms with E-state index in [-0.39, 0.29) is 5.78 Å². The predicted octanol–water partition coefficient (Wildman–Crippen LogP) is 0.902. The fourth-order valence-corrected chi connectivity index (χ4v) is 1.37. The van der Waals surface area contributed by atoms with Crippen LogP contribution in [0.2, 0.25) is 0 Å². The van der Waals surface area contributed by atoms with Gasteiger partial charge in [0.25, 0.3) is 0 Å². The van der Waals surface area contributed by atoms with Crippen LogP contribution >= 0.6 is 0 Å². The fraction of sp³-hybridized carbons (Fsp3) is 0.667. The van der Waals surface area contributed by atoms with Crippen LogP contribution in [0.25, 0.3) is 0 Å². The van der Waals surface area contributed by atoms with Gasteiger partial charge >= 0.3 is 0 Å². The molecule has 0 aromatic rings. The van der Waals surface area contributed by atoms with Crippen LogP contribution in [0.1, 0.15) is 26.2 Å². The lowest BCUT2D eigenvalue weighted by molar-refractivity contribution is -0.129. The normalized spacial score (nSPS) is 23.9. The van der Waals surface area contributed by atoms with Crippen molar-refractivity contribution in [2.75, 3.05) is 6.61 Å². The minimum atomic E-state index is -0.596. The molecule has 0 N–H and O–H groups in total. The molecule has 1 aliphatic carbocycles. The second-order valence-electron chi connectivity index (χ2n) is 2.78. The van der Waals surface area contributed by atoms with E-state index in [0.29, 0.717) is 25.0 Å². The minimum Gasteiger partial charge on any atom is -0.366 e. The zero-order valence-corrected chi connectivity index (χ0v) is 7.13. The lowest BCUT2D eigenvalue weighted by atomic mass is 9.92. The Morgan fingerprint density at radius 3 is 2.92 bits per heavy atom. The van der Waals surface area contributed by atoms with E-state index in [2.05, 4.69) is 0 Å². The van der Waals surface area contributed by atoms with Crippen molar-refractivity contribution in [2.45, 2.75) is 32.3 Å². The van der Waals surface area contributed by atoms with Gasteiger partial charge < -0.3 is 4.74 Å². The van der Waals surface area contributed by atoms with Crippen molar-refractivity contribution in [3.05, 3.63) is 5.57 Å². The van der Waals surface area contributed by atoms with Crippen LogP contribution in [0, 0.1) is 0 Å². The van der Waals surface area contributed by atoms with Crippen LogP contribution < -0.4 is 0 Å². The zero-order chi connectivity index (χ0) is 8.97. The lowest BCUT2D eigenvalue weighted by Gasteiger charge is -2.20. The van der Waals surface area contributed by atoms with Crippen molar-refractivity contribution in [2.24, 2.45) is 0 Å². The summed E-state index contributed by atoms with van der Waals surface area (Å²) in [7, 11) is 0. The monoisotopic (exact) mass is 168 g/mol. The van der Waals surface area contributed by atoms with Crippen molar-refractivity contribution in [3.63, 3.8) is 0 Å². The molecule has 3 nitrogen and oxygen atoms in total. The van der Waals surface area contributed by atoms with E-state index in [9.17, 15) is 9.59 Å². The van der Waals surface area contributed by atoms with Crippen molar-refractivity contribution in [1.29, 1.82) is 0 Å². The Balaban J connectivity index is 2.73. The summed E-state index contributed by atoms with van der Waals surface area (Å²) in [6.45, 7) is 2.27. The largest absolute Gasteiger partial charge is 0.366 e. The third kappa shape index (κ3) is 1.81. The SMILES string of the molecule is CCOC1C(=O)CCCC1=C=O. The third-order valence-corrected chi connectivity index (χ3v) is 1.94. The smallest absolute Gasteiger partial charge is 0.166 e. The molecule has 0 amide bonds. The van der Waals surface area contributed by atoms with E-state index >= 15 is 0 Å². The highest BCUT2D eigenvalue weighted by Gasteiger charge is 2.27. The van der Waals surface area contributed by atoms with Gasteiger partial charge in [0.2, 0.25) is 0 Å². The van der Waals surface area contributed by atoms with Crippen LogP contribution in [-0.4, -0.2) is 24.4 Å². The average Bonchev–Trinajstić information content (AvgIpc) is 2.09. The van der Waals surface area contributed by atoms with E-state index in [1.807, 2.05) is 6.92 Å². The van der Waals surface area contributed by atoms with E-state index in [4.69, 9.17) is 4.74 Å². The molecular weight excluding hydrogens is 156 g/mol. The van der Waals surface area contributed by atoms with Gasteiger partial charge in [-0.2, -0.15) is 0 Å². The van der Waals surface area contributed by atoms with Crippen LogP contribution in [0.15, 0.2) is 5.57 Å². The Bertz CT molecular complexity index is 226. The van der Waals surface area contributed by atoms with Crippen molar-refractivity contribution in [1.82, 2.24) is 0 Å². The number of Topliss-reactive ketones (excluding diaryl/α,β-unsaturated/α-hetero) is 1. The first-order valence-corrected chi connectivity index (χ1v) is 4.17. The Morgan fingerprint density at radius 2 is 2.33 bits per heavy atom. The molecule has 1 atom stereocenters. The summed E-state index contributed by atoms with van der Waals surface area (Å²) in [5, 5.41) is 0. The van der Waals surface area contributed by atoms with Gasteiger partial charge in [-0.25, -0.2) is 4.79 Å². The Kier molecular flexibility index (Phi) is 3.20. The Labute approximate surface area is 71.4 Å². The van der Waals surface area contributed by atoms with Crippen LogP contribution in [0.5, 0.6) is 0 Å². The summed E-state index contributed by atoms with van der Waals surface area (Å²) in [4.78, 5) is 21.6. The maximum atomic E-state index is 11.2. The first-order chi connectivity index (χ1) is 5.79. The molecule has 0 saturated heterocycles. The summed E-state index contributed by atoms with van der Waals surface area (Å²) in [5.74, 6) is 1.81. The number of ether oxygens (including phenoxy) is 1. The van der Waals surface area contributed by atoms with E-state index in [1.165, 1.54) is 0 Å². The topological polar surface area (TPSA) is 43.4 Å². The van der Waals surface area contributed by atoms with E-state index < -0.39 is 6.10 Å². The molecule has 0 aromatic carbocycles. The summed E-state index contributed by atoms with van der Waals surface area (Å²) in [6.07, 6.45) is 1.34. The highest BCUT2D eigenvalue weighted by molar-refractivity contribution is 5.89. The molecule has 0 heterocycles. The van der Waals surface area contributed by atoms with Crippen LogP contribution in [-0.2, 0) is 14.3 Å². The van der Waals surface area contributed by atoms with Gasteiger partial charge in [0, 0.05) is 18.6 Å².